The van der Waals surface area contributed by atoms with Gasteiger partial charge in [0.15, 0.2) is 0 Å². The van der Waals surface area contributed by atoms with E-state index in [9.17, 15) is 4.21 Å². The molecule has 0 aliphatic rings. The molecule has 0 aromatic heterocycles. The number of rotatable bonds is 4. The molecule has 0 rings (SSSR count). The first-order valence-corrected chi connectivity index (χ1v) is 5.98. The highest BCUT2D eigenvalue weighted by Crippen LogP contribution is 2.17. The van der Waals surface area contributed by atoms with Crippen molar-refractivity contribution < 1.29 is 4.21 Å². The molecule has 0 spiro atoms. The molecule has 0 saturated carbocycles. The number of hydrogen-bond acceptors (Lipinski definition) is 2. The number of hydrogen-bond donors (Lipinski definition) is 0. The first kappa shape index (κ1) is 10.2. The third kappa shape index (κ3) is 4.12. The third-order valence-electron chi connectivity index (χ3n) is 1.15. The summed E-state index contributed by atoms with van der Waals surface area (Å²) in [5.41, 5.74) is 1.11. The minimum absolute atomic E-state index is 0.234. The maximum Gasteiger partial charge on any atom is 0.0832 e. The van der Waals surface area contributed by atoms with Crippen molar-refractivity contribution in [1.82, 2.24) is 0 Å². The highest BCUT2D eigenvalue weighted by atomic mass is 32.2. The van der Waals surface area contributed by atoms with Gasteiger partial charge in [0.05, 0.1) is 4.58 Å². The van der Waals surface area contributed by atoms with Crippen LogP contribution >= 0.6 is 11.8 Å². The lowest BCUT2D eigenvalue weighted by atomic mass is 10.3. The van der Waals surface area contributed by atoms with Crippen LogP contribution in [0.15, 0.2) is 12.2 Å². The summed E-state index contributed by atoms with van der Waals surface area (Å²) in [5, 5.41) is 0. The lowest BCUT2D eigenvalue weighted by Gasteiger charge is -2.09. The predicted octanol–water partition coefficient (Wildman–Crippen LogP) is 2.02. The minimum atomic E-state index is -0.722. The maximum absolute atomic E-state index is 11.0. The van der Waals surface area contributed by atoms with Gasteiger partial charge < -0.3 is 0 Å². The summed E-state index contributed by atoms with van der Waals surface area (Å²) in [6.07, 6.45) is 4.59. The Bertz CT molecular complexity index is 143. The lowest BCUT2D eigenvalue weighted by Crippen LogP contribution is -2.08. The summed E-state index contributed by atoms with van der Waals surface area (Å²) in [6.45, 7) is 5.75. The Balaban J connectivity index is 3.83. The van der Waals surface area contributed by atoms with Gasteiger partial charge in [-0.1, -0.05) is 5.57 Å². The molecular formula is C7H14OS2. The van der Waals surface area contributed by atoms with E-state index in [1.807, 2.05) is 13.2 Å². The van der Waals surface area contributed by atoms with E-state index in [0.29, 0.717) is 0 Å². The Morgan fingerprint density at radius 3 is 2.40 bits per heavy atom. The van der Waals surface area contributed by atoms with Gasteiger partial charge in [0.2, 0.25) is 0 Å². The average molecular weight is 178 g/mol. The highest BCUT2D eigenvalue weighted by molar-refractivity contribution is 8.10. The van der Waals surface area contributed by atoms with Crippen LogP contribution < -0.4 is 0 Å². The number of thioether (sulfide) groups is 1. The van der Waals surface area contributed by atoms with E-state index in [1.54, 1.807) is 18.0 Å². The van der Waals surface area contributed by atoms with Crippen LogP contribution in [0.4, 0.5) is 0 Å². The first-order chi connectivity index (χ1) is 4.57. The van der Waals surface area contributed by atoms with Crippen molar-refractivity contribution in [3.63, 3.8) is 0 Å². The van der Waals surface area contributed by atoms with Crippen molar-refractivity contribution in [1.29, 1.82) is 0 Å². The lowest BCUT2D eigenvalue weighted by molar-refractivity contribution is 0.684. The van der Waals surface area contributed by atoms with Crippen LogP contribution in [0.25, 0.3) is 0 Å². The number of allylic oxidation sites excluding steroid dienone is 1. The maximum atomic E-state index is 11.0. The van der Waals surface area contributed by atoms with Crippen LogP contribution in [0, 0.1) is 0 Å². The van der Waals surface area contributed by atoms with E-state index in [4.69, 9.17) is 0 Å². The molecule has 1 nitrogen and oxygen atoms in total. The molecule has 60 valence electrons. The predicted molar refractivity (Wildman–Crippen MR) is 50.8 cm³/mol. The summed E-state index contributed by atoms with van der Waals surface area (Å²) in [4.78, 5) is 0. The average Bonchev–Trinajstić information content (AvgIpc) is 1.81. The molecule has 0 aromatic rings. The van der Waals surface area contributed by atoms with Crippen LogP contribution in [-0.4, -0.2) is 21.3 Å². The van der Waals surface area contributed by atoms with Crippen molar-refractivity contribution in [3.05, 3.63) is 12.2 Å². The molecule has 0 amide bonds. The molecular weight excluding hydrogens is 164 g/mol. The Morgan fingerprint density at radius 1 is 1.80 bits per heavy atom. The molecule has 0 heterocycles. The highest BCUT2D eigenvalue weighted by Gasteiger charge is 2.09. The van der Waals surface area contributed by atoms with Gasteiger partial charge in [-0.05, 0) is 19.6 Å². The fourth-order valence-electron chi connectivity index (χ4n) is 0.621. The van der Waals surface area contributed by atoms with Crippen LogP contribution in [0.5, 0.6) is 0 Å². The fraction of sp³-hybridized carbons (Fsp3) is 0.714. The minimum Gasteiger partial charge on any atom is -0.259 e. The van der Waals surface area contributed by atoms with E-state index >= 15 is 0 Å². The van der Waals surface area contributed by atoms with Crippen LogP contribution in [0.2, 0.25) is 0 Å². The van der Waals surface area contributed by atoms with Gasteiger partial charge in [0, 0.05) is 17.1 Å². The third-order valence-corrected chi connectivity index (χ3v) is 4.14. The fourth-order valence-corrected chi connectivity index (χ4v) is 2.68. The van der Waals surface area contributed by atoms with Crippen LogP contribution in [0.3, 0.4) is 0 Å². The van der Waals surface area contributed by atoms with Gasteiger partial charge in [-0.25, -0.2) is 0 Å². The topological polar surface area (TPSA) is 17.1 Å². The zero-order valence-corrected chi connectivity index (χ0v) is 8.35. The standard InChI is InChI=1S/C7H14OS2/c1-6(2)5-7(9-3)10(4)8/h7H,1,5H2,2-4H3. The van der Waals surface area contributed by atoms with Crippen LogP contribution in [-0.2, 0) is 10.8 Å². The van der Waals surface area contributed by atoms with E-state index in [2.05, 4.69) is 6.58 Å². The van der Waals surface area contributed by atoms with Gasteiger partial charge in [0.1, 0.15) is 0 Å². The summed E-state index contributed by atoms with van der Waals surface area (Å²) < 4.78 is 11.2. The van der Waals surface area contributed by atoms with Gasteiger partial charge in [-0.3, -0.25) is 4.21 Å². The normalized spacial score (nSPS) is 16.3. The Morgan fingerprint density at radius 2 is 2.30 bits per heavy atom. The van der Waals surface area contributed by atoms with Crippen molar-refractivity contribution in [2.45, 2.75) is 17.9 Å². The molecule has 10 heavy (non-hydrogen) atoms. The van der Waals surface area contributed by atoms with Crippen molar-refractivity contribution in [3.8, 4) is 0 Å². The molecule has 0 fully saturated rings. The SMILES string of the molecule is C=C(C)CC(SC)S(C)=O. The summed E-state index contributed by atoms with van der Waals surface area (Å²) >= 11 is 1.65. The van der Waals surface area contributed by atoms with E-state index < -0.39 is 10.8 Å². The molecule has 0 aliphatic carbocycles. The molecule has 2 atom stereocenters. The summed E-state index contributed by atoms with van der Waals surface area (Å²) in [5.74, 6) is 0. The summed E-state index contributed by atoms with van der Waals surface area (Å²) in [7, 11) is -0.722. The first-order valence-electron chi connectivity index (χ1n) is 3.07. The molecule has 0 N–H and O–H groups in total. The van der Waals surface area contributed by atoms with Gasteiger partial charge in [-0.2, -0.15) is 0 Å². The van der Waals surface area contributed by atoms with Crippen LogP contribution in [0.1, 0.15) is 13.3 Å². The van der Waals surface area contributed by atoms with Crippen molar-refractivity contribution >= 4 is 22.6 Å². The molecule has 0 bridgehead atoms. The monoisotopic (exact) mass is 178 g/mol. The second-order valence-corrected chi connectivity index (χ2v) is 5.23. The Labute approximate surface area is 69.7 Å². The van der Waals surface area contributed by atoms with E-state index in [0.717, 1.165) is 12.0 Å². The van der Waals surface area contributed by atoms with Gasteiger partial charge in [0.25, 0.3) is 0 Å². The molecule has 3 heteroatoms. The van der Waals surface area contributed by atoms with E-state index in [-0.39, 0.29) is 4.58 Å². The van der Waals surface area contributed by atoms with Gasteiger partial charge in [-0.15, -0.1) is 18.3 Å². The molecule has 0 radical (unpaired) electrons. The quantitative estimate of drug-likeness (QED) is 0.613. The smallest absolute Gasteiger partial charge is 0.0832 e. The molecule has 0 aliphatic heterocycles. The van der Waals surface area contributed by atoms with Crippen molar-refractivity contribution in [2.75, 3.05) is 12.5 Å². The zero-order valence-electron chi connectivity index (χ0n) is 6.72. The van der Waals surface area contributed by atoms with Crippen molar-refractivity contribution in [2.24, 2.45) is 0 Å². The molecule has 0 aromatic carbocycles. The summed E-state index contributed by atoms with van der Waals surface area (Å²) in [6, 6.07) is 0. The zero-order chi connectivity index (χ0) is 8.15. The van der Waals surface area contributed by atoms with Gasteiger partial charge >= 0.3 is 0 Å². The Kier molecular flexibility index (Phi) is 5.09. The molecule has 0 saturated heterocycles. The Hall–Kier alpha value is 0.240. The molecule has 2 unspecified atom stereocenters. The second kappa shape index (κ2) is 4.97. The largest absolute Gasteiger partial charge is 0.259 e. The second-order valence-electron chi connectivity index (χ2n) is 2.33. The van der Waals surface area contributed by atoms with E-state index in [1.165, 1.54) is 0 Å².